The molecule has 2 heterocycles. The van der Waals surface area contributed by atoms with Crippen LogP contribution in [0, 0.1) is 5.92 Å². The number of rotatable bonds is 1. The van der Waals surface area contributed by atoms with E-state index < -0.39 is 11.6 Å². The fraction of sp³-hybridized carbons (Fsp3) is 0.385. The highest BCUT2D eigenvalue weighted by Crippen LogP contribution is 2.45. The fourth-order valence-electron chi connectivity index (χ4n) is 2.80. The van der Waals surface area contributed by atoms with Gasteiger partial charge in [0.2, 0.25) is 0 Å². The molecule has 5 nitrogen and oxygen atoms in total. The second-order valence-electron chi connectivity index (χ2n) is 4.97. The summed E-state index contributed by atoms with van der Waals surface area (Å²) >= 11 is 8.64. The van der Waals surface area contributed by atoms with E-state index in [1.165, 1.54) is 7.11 Å². The molecule has 106 valence electrons. The molecule has 2 aliphatic heterocycles. The number of thiocarbonyl (C=S) groups is 1. The highest BCUT2D eigenvalue weighted by Gasteiger charge is 2.55. The van der Waals surface area contributed by atoms with Gasteiger partial charge in [-0.3, -0.25) is 4.79 Å². The molecule has 0 aromatic heterocycles. The number of carbonyl (C=O) groups excluding carboxylic acids is 1. The Labute approximate surface area is 130 Å². The summed E-state index contributed by atoms with van der Waals surface area (Å²) < 4.78 is 11.8. The van der Waals surface area contributed by atoms with Crippen molar-refractivity contribution in [1.82, 2.24) is 10.6 Å². The van der Waals surface area contributed by atoms with Gasteiger partial charge in [0, 0.05) is 10.0 Å². The number of halogens is 1. The van der Waals surface area contributed by atoms with Crippen LogP contribution in [0.1, 0.15) is 18.5 Å². The Kier molecular flexibility index (Phi) is 3.13. The molecular formula is C13H13BrN2O3S. The molecule has 20 heavy (non-hydrogen) atoms. The maximum atomic E-state index is 12.1. The van der Waals surface area contributed by atoms with E-state index >= 15 is 0 Å². The normalized spacial score (nSPS) is 30.4. The molecule has 1 aromatic carbocycles. The number of nitrogens with one attached hydrogen (secondary N) is 2. The van der Waals surface area contributed by atoms with Crippen LogP contribution in [0.3, 0.4) is 0 Å². The van der Waals surface area contributed by atoms with Crippen LogP contribution in [0.4, 0.5) is 0 Å². The number of methoxy groups -OCH3 is 1. The van der Waals surface area contributed by atoms with Crippen LogP contribution in [-0.4, -0.2) is 23.9 Å². The number of benzene rings is 1. The van der Waals surface area contributed by atoms with Crippen LogP contribution in [0.2, 0.25) is 0 Å². The summed E-state index contributed by atoms with van der Waals surface area (Å²) in [6.07, 6.45) is 0. The topological polar surface area (TPSA) is 59.6 Å². The van der Waals surface area contributed by atoms with Crippen molar-refractivity contribution in [2.45, 2.75) is 18.7 Å². The van der Waals surface area contributed by atoms with Crippen LogP contribution >= 0.6 is 28.1 Å². The zero-order chi connectivity index (χ0) is 14.5. The molecule has 3 rings (SSSR count). The van der Waals surface area contributed by atoms with Crippen LogP contribution in [-0.2, 0) is 9.53 Å². The zero-order valence-corrected chi connectivity index (χ0v) is 13.3. The fourth-order valence-corrected chi connectivity index (χ4v) is 3.51. The molecule has 0 spiro atoms. The number of fused-ring (bicyclic) bond motifs is 4. The number of hydrogen-bond donors (Lipinski definition) is 2. The molecule has 2 N–H and O–H groups in total. The van der Waals surface area contributed by atoms with Crippen molar-refractivity contribution in [3.05, 3.63) is 28.2 Å². The lowest BCUT2D eigenvalue weighted by atomic mass is 9.80. The van der Waals surface area contributed by atoms with Crippen LogP contribution < -0.4 is 15.4 Å². The Hall–Kier alpha value is -1.34. The van der Waals surface area contributed by atoms with Crippen molar-refractivity contribution in [3.8, 4) is 5.75 Å². The molecular weight excluding hydrogens is 344 g/mol. The summed E-state index contributed by atoms with van der Waals surface area (Å²) in [5.74, 6) is -0.144. The van der Waals surface area contributed by atoms with Crippen molar-refractivity contribution in [3.63, 3.8) is 0 Å². The van der Waals surface area contributed by atoms with Gasteiger partial charge in [-0.2, -0.15) is 0 Å². The van der Waals surface area contributed by atoms with E-state index in [1.807, 2.05) is 18.2 Å². The number of hydrogen-bond acceptors (Lipinski definition) is 4. The average Bonchev–Trinajstić information content (AvgIpc) is 2.38. The van der Waals surface area contributed by atoms with Crippen molar-refractivity contribution >= 4 is 39.2 Å². The Morgan fingerprint density at radius 1 is 1.55 bits per heavy atom. The lowest BCUT2D eigenvalue weighted by Gasteiger charge is -2.50. The molecule has 1 aromatic rings. The van der Waals surface area contributed by atoms with Crippen LogP contribution in [0.15, 0.2) is 22.7 Å². The molecule has 7 heteroatoms. The summed E-state index contributed by atoms with van der Waals surface area (Å²) in [6.45, 7) is 1.81. The quantitative estimate of drug-likeness (QED) is 0.591. The maximum Gasteiger partial charge on any atom is 0.317 e. The van der Waals surface area contributed by atoms with Gasteiger partial charge in [0.05, 0.1) is 13.2 Å². The lowest BCUT2D eigenvalue weighted by Crippen LogP contribution is -2.69. The summed E-state index contributed by atoms with van der Waals surface area (Å²) in [7, 11) is 1.37. The van der Waals surface area contributed by atoms with E-state index in [9.17, 15) is 4.79 Å². The minimum Gasteiger partial charge on any atom is -0.469 e. The van der Waals surface area contributed by atoms with Gasteiger partial charge in [-0.05, 0) is 37.3 Å². The molecule has 0 amide bonds. The summed E-state index contributed by atoms with van der Waals surface area (Å²) in [4.78, 5) is 12.1. The van der Waals surface area contributed by atoms with E-state index in [0.717, 1.165) is 15.8 Å². The lowest BCUT2D eigenvalue weighted by molar-refractivity contribution is -0.159. The van der Waals surface area contributed by atoms with Crippen LogP contribution in [0.5, 0.6) is 5.75 Å². The number of carbonyl (C=O) groups is 1. The third kappa shape index (κ3) is 1.96. The van der Waals surface area contributed by atoms with Crippen molar-refractivity contribution in [1.29, 1.82) is 0 Å². The van der Waals surface area contributed by atoms with Gasteiger partial charge in [0.25, 0.3) is 0 Å². The zero-order valence-electron chi connectivity index (χ0n) is 10.9. The smallest absolute Gasteiger partial charge is 0.317 e. The minimum absolute atomic E-state index is 0.276. The molecule has 2 bridgehead atoms. The van der Waals surface area contributed by atoms with E-state index in [0.29, 0.717) is 5.11 Å². The second kappa shape index (κ2) is 4.60. The highest BCUT2D eigenvalue weighted by atomic mass is 79.9. The number of esters is 1. The summed E-state index contributed by atoms with van der Waals surface area (Å²) in [5, 5.41) is 6.63. The molecule has 0 aliphatic carbocycles. The maximum absolute atomic E-state index is 12.1. The first-order chi connectivity index (χ1) is 9.44. The summed E-state index contributed by atoms with van der Waals surface area (Å²) in [5.41, 5.74) is -0.0305. The molecule has 1 fully saturated rings. The molecule has 0 unspecified atom stereocenters. The molecule has 1 saturated heterocycles. The molecule has 3 atom stereocenters. The SMILES string of the molecule is COC(=O)[C@@H]1[C@H]2NC(=S)N[C@@]1(C)Oc1ccc(Br)cc12. The first-order valence-electron chi connectivity index (χ1n) is 6.09. The van der Waals surface area contributed by atoms with Gasteiger partial charge in [0.1, 0.15) is 11.7 Å². The highest BCUT2D eigenvalue weighted by molar-refractivity contribution is 9.10. The average molecular weight is 357 g/mol. The van der Waals surface area contributed by atoms with E-state index in [-0.39, 0.29) is 12.0 Å². The first kappa shape index (κ1) is 13.6. The van der Waals surface area contributed by atoms with Gasteiger partial charge >= 0.3 is 5.97 Å². The third-order valence-corrected chi connectivity index (χ3v) is 4.37. The van der Waals surface area contributed by atoms with Crippen molar-refractivity contribution in [2.24, 2.45) is 5.92 Å². The van der Waals surface area contributed by atoms with Gasteiger partial charge in [-0.1, -0.05) is 15.9 Å². The molecule has 2 aliphatic rings. The Balaban J connectivity index is 2.16. The van der Waals surface area contributed by atoms with E-state index in [4.69, 9.17) is 21.7 Å². The summed E-state index contributed by atoms with van der Waals surface area (Å²) in [6, 6.07) is 5.42. The minimum atomic E-state index is -0.916. The second-order valence-corrected chi connectivity index (χ2v) is 6.29. The Morgan fingerprint density at radius 3 is 3.00 bits per heavy atom. The largest absolute Gasteiger partial charge is 0.469 e. The third-order valence-electron chi connectivity index (χ3n) is 3.66. The van der Waals surface area contributed by atoms with E-state index in [2.05, 4.69) is 26.6 Å². The van der Waals surface area contributed by atoms with E-state index in [1.54, 1.807) is 6.92 Å². The predicted molar refractivity (Wildman–Crippen MR) is 80.3 cm³/mol. The number of ether oxygens (including phenoxy) is 2. The monoisotopic (exact) mass is 356 g/mol. The van der Waals surface area contributed by atoms with Gasteiger partial charge < -0.3 is 20.1 Å². The molecule has 0 saturated carbocycles. The predicted octanol–water partition coefficient (Wildman–Crippen LogP) is 1.87. The van der Waals surface area contributed by atoms with Gasteiger partial charge in [-0.15, -0.1) is 0 Å². The van der Waals surface area contributed by atoms with Crippen molar-refractivity contribution < 1.29 is 14.3 Å². The first-order valence-corrected chi connectivity index (χ1v) is 7.30. The van der Waals surface area contributed by atoms with Gasteiger partial charge in [-0.25, -0.2) is 0 Å². The van der Waals surface area contributed by atoms with Crippen molar-refractivity contribution in [2.75, 3.05) is 7.11 Å². The van der Waals surface area contributed by atoms with Gasteiger partial charge in [0.15, 0.2) is 10.8 Å². The molecule has 0 radical (unpaired) electrons. The van der Waals surface area contributed by atoms with Crippen LogP contribution in [0.25, 0.3) is 0 Å². The Morgan fingerprint density at radius 2 is 2.30 bits per heavy atom. The Bertz CT molecular complexity index is 609. The standard InChI is InChI=1S/C13H13BrN2O3S/c1-13-9(11(17)18-2)10(15-12(20)16-13)7-5-6(14)3-4-8(7)19-13/h3-5,9-10H,1-2H3,(H2,15,16,20)/t9-,10-,13-/m0/s1.